The average molecular weight is 511 g/mol. The van der Waals surface area contributed by atoms with Gasteiger partial charge in [0, 0.05) is 54.8 Å². The summed E-state index contributed by atoms with van der Waals surface area (Å²) in [5.74, 6) is 1.56. The highest BCUT2D eigenvalue weighted by Crippen LogP contribution is 2.47. The van der Waals surface area contributed by atoms with Crippen LogP contribution in [0.3, 0.4) is 0 Å². The number of pyridine rings is 1. The molecule has 2 aromatic heterocycles. The fourth-order valence-electron chi connectivity index (χ4n) is 5.16. The Bertz CT molecular complexity index is 1250. The Morgan fingerprint density at radius 1 is 1.03 bits per heavy atom. The zero-order valence-electron chi connectivity index (χ0n) is 21.5. The van der Waals surface area contributed by atoms with Crippen LogP contribution in [0.15, 0.2) is 42.6 Å². The molecule has 0 radical (unpaired) electrons. The molecular formula is C28H33F3N6. The van der Waals surface area contributed by atoms with E-state index in [0.717, 1.165) is 41.2 Å². The lowest BCUT2D eigenvalue weighted by Crippen LogP contribution is -2.29. The van der Waals surface area contributed by atoms with Crippen molar-refractivity contribution in [3.63, 3.8) is 0 Å². The highest BCUT2D eigenvalue weighted by atomic mass is 19.4. The zero-order chi connectivity index (χ0) is 26.2. The van der Waals surface area contributed by atoms with Crippen LogP contribution in [-0.2, 0) is 24.4 Å². The number of hydrogen-bond acceptors (Lipinski definition) is 6. The molecule has 9 heteroatoms. The van der Waals surface area contributed by atoms with Crippen molar-refractivity contribution < 1.29 is 13.2 Å². The van der Waals surface area contributed by atoms with Crippen molar-refractivity contribution in [3.8, 4) is 0 Å². The quantitative estimate of drug-likeness (QED) is 0.431. The molecule has 37 heavy (non-hydrogen) atoms. The van der Waals surface area contributed by atoms with Gasteiger partial charge >= 0.3 is 6.18 Å². The number of anilines is 3. The van der Waals surface area contributed by atoms with Crippen LogP contribution in [-0.4, -0.2) is 41.6 Å². The van der Waals surface area contributed by atoms with Crippen molar-refractivity contribution in [1.29, 1.82) is 0 Å². The van der Waals surface area contributed by atoms with Gasteiger partial charge in [-0.3, -0.25) is 0 Å². The number of benzene rings is 1. The van der Waals surface area contributed by atoms with Crippen LogP contribution in [0.2, 0.25) is 0 Å². The smallest absolute Gasteiger partial charge is 0.355 e. The van der Waals surface area contributed by atoms with E-state index in [9.17, 15) is 13.2 Å². The monoisotopic (exact) mass is 510 g/mol. The van der Waals surface area contributed by atoms with Crippen LogP contribution in [0.1, 0.15) is 60.8 Å². The van der Waals surface area contributed by atoms with Crippen molar-refractivity contribution in [1.82, 2.24) is 20.3 Å². The minimum absolute atomic E-state index is 0.0273. The Hall–Kier alpha value is -3.20. The molecule has 0 spiro atoms. The van der Waals surface area contributed by atoms with E-state index in [1.54, 1.807) is 4.90 Å². The molecule has 1 fully saturated rings. The molecule has 0 bridgehead atoms. The summed E-state index contributed by atoms with van der Waals surface area (Å²) in [5.41, 5.74) is 3.65. The molecule has 3 heterocycles. The van der Waals surface area contributed by atoms with Gasteiger partial charge in [0.25, 0.3) is 0 Å². The topological polar surface area (TPSA) is 66.0 Å². The number of likely N-dealkylation sites (N-methyl/N-ethyl adjacent to an activating group) is 1. The molecule has 1 aromatic carbocycles. The molecule has 2 aliphatic rings. The van der Waals surface area contributed by atoms with Crippen LogP contribution in [0.25, 0.3) is 0 Å². The third-order valence-electron chi connectivity index (χ3n) is 7.40. The lowest BCUT2D eigenvalue weighted by Gasteiger charge is -2.24. The molecule has 1 saturated carbocycles. The van der Waals surface area contributed by atoms with E-state index in [-0.39, 0.29) is 17.2 Å². The van der Waals surface area contributed by atoms with Crippen LogP contribution in [0.5, 0.6) is 0 Å². The van der Waals surface area contributed by atoms with Crippen molar-refractivity contribution >= 4 is 17.3 Å². The predicted molar refractivity (Wildman–Crippen MR) is 140 cm³/mol. The van der Waals surface area contributed by atoms with Gasteiger partial charge < -0.3 is 15.5 Å². The predicted octanol–water partition coefficient (Wildman–Crippen LogP) is 5.61. The van der Waals surface area contributed by atoms with E-state index < -0.39 is 11.7 Å². The fourth-order valence-corrected chi connectivity index (χ4v) is 5.16. The van der Waals surface area contributed by atoms with Gasteiger partial charge in [-0.1, -0.05) is 26.0 Å². The molecule has 0 amide bonds. The fraction of sp³-hybridized carbons (Fsp3) is 0.464. The molecule has 1 aliphatic heterocycles. The van der Waals surface area contributed by atoms with E-state index in [4.69, 9.17) is 9.97 Å². The maximum Gasteiger partial charge on any atom is 0.419 e. The van der Waals surface area contributed by atoms with E-state index in [1.807, 2.05) is 20.9 Å². The van der Waals surface area contributed by atoms with Crippen molar-refractivity contribution in [3.05, 3.63) is 70.8 Å². The van der Waals surface area contributed by atoms with Crippen molar-refractivity contribution in [2.45, 2.75) is 57.0 Å². The number of hydrogen-bond donors (Lipinski definition) is 2. The Morgan fingerprint density at radius 3 is 2.41 bits per heavy atom. The highest BCUT2D eigenvalue weighted by molar-refractivity contribution is 5.62. The number of fused-ring (bicyclic) bond motifs is 1. The average Bonchev–Trinajstić information content (AvgIpc) is 3.68. The standard InChI is InChI=1S/C28H33F3N6/c1-18(2)24-35-23-11-16-37(26-22(28(29,30)31)5-4-14-33-26)15-10-21(23)25(36-24)34-20-8-6-19(7-9-20)27(12-13-27)17-32-3/h4-9,14,18,32H,10-13,15-17H2,1-3H3,(H,34,35,36). The van der Waals surface area contributed by atoms with Crippen molar-refractivity contribution in [2.24, 2.45) is 0 Å². The maximum atomic E-state index is 13.7. The van der Waals surface area contributed by atoms with Crippen LogP contribution in [0, 0.1) is 0 Å². The summed E-state index contributed by atoms with van der Waals surface area (Å²) >= 11 is 0. The number of nitrogens with zero attached hydrogens (tertiary/aromatic N) is 4. The molecule has 1 aliphatic carbocycles. The van der Waals surface area contributed by atoms with Gasteiger partial charge in [0.1, 0.15) is 17.5 Å². The van der Waals surface area contributed by atoms with Gasteiger partial charge in [-0.25, -0.2) is 15.0 Å². The van der Waals surface area contributed by atoms with Gasteiger partial charge in [-0.15, -0.1) is 0 Å². The molecule has 3 aromatic rings. The van der Waals surface area contributed by atoms with Crippen LogP contribution < -0.4 is 15.5 Å². The summed E-state index contributed by atoms with van der Waals surface area (Å²) in [6.07, 6.45) is 0.386. The third-order valence-corrected chi connectivity index (χ3v) is 7.40. The van der Waals surface area contributed by atoms with Crippen molar-refractivity contribution in [2.75, 3.05) is 36.9 Å². The molecule has 0 unspecified atom stereocenters. The van der Waals surface area contributed by atoms with Crippen LogP contribution in [0.4, 0.5) is 30.5 Å². The highest BCUT2D eigenvalue weighted by Gasteiger charge is 2.43. The molecule has 6 nitrogen and oxygen atoms in total. The first kappa shape index (κ1) is 25.4. The Balaban J connectivity index is 1.42. The van der Waals surface area contributed by atoms with Gasteiger partial charge in [0.2, 0.25) is 0 Å². The summed E-state index contributed by atoms with van der Waals surface area (Å²) in [7, 11) is 1.99. The molecule has 0 atom stereocenters. The summed E-state index contributed by atoms with van der Waals surface area (Å²) in [6, 6.07) is 10.9. The summed E-state index contributed by atoms with van der Waals surface area (Å²) in [5, 5.41) is 6.80. The summed E-state index contributed by atoms with van der Waals surface area (Å²) in [4.78, 5) is 15.5. The number of rotatable bonds is 7. The Morgan fingerprint density at radius 2 is 1.76 bits per heavy atom. The van der Waals surface area contributed by atoms with E-state index in [2.05, 4.69) is 39.9 Å². The second kappa shape index (κ2) is 9.93. The summed E-state index contributed by atoms with van der Waals surface area (Å²) in [6.45, 7) is 5.87. The molecule has 0 saturated heterocycles. The number of halogens is 3. The van der Waals surface area contributed by atoms with E-state index >= 15 is 0 Å². The molecule has 2 N–H and O–H groups in total. The first-order chi connectivity index (χ1) is 17.7. The lowest BCUT2D eigenvalue weighted by molar-refractivity contribution is -0.137. The number of nitrogens with one attached hydrogen (secondary N) is 2. The van der Waals surface area contributed by atoms with E-state index in [0.29, 0.717) is 25.9 Å². The van der Waals surface area contributed by atoms with Gasteiger partial charge in [0.05, 0.1) is 11.3 Å². The Labute approximate surface area is 215 Å². The Kier molecular flexibility index (Phi) is 6.83. The first-order valence-corrected chi connectivity index (χ1v) is 12.9. The summed E-state index contributed by atoms with van der Waals surface area (Å²) < 4.78 is 41.0. The zero-order valence-corrected chi connectivity index (χ0v) is 21.5. The molecule has 196 valence electrons. The minimum atomic E-state index is -4.46. The minimum Gasteiger partial charge on any atom is -0.355 e. The molecular weight excluding hydrogens is 477 g/mol. The number of aromatic nitrogens is 3. The molecule has 5 rings (SSSR count). The maximum absolute atomic E-state index is 13.7. The van der Waals surface area contributed by atoms with E-state index in [1.165, 1.54) is 30.7 Å². The second-order valence-electron chi connectivity index (χ2n) is 10.4. The van der Waals surface area contributed by atoms with Gasteiger partial charge in [-0.2, -0.15) is 13.2 Å². The SMILES string of the molecule is CNCC1(c2ccc(Nc3nc(C(C)C)nc4c3CCN(c3ncccc3C(F)(F)F)CC4)cc2)CC1. The normalized spacial score (nSPS) is 16.9. The number of alkyl halides is 3. The largest absolute Gasteiger partial charge is 0.419 e. The first-order valence-electron chi connectivity index (χ1n) is 12.9. The second-order valence-corrected chi connectivity index (χ2v) is 10.4. The third kappa shape index (κ3) is 5.28. The van der Waals surface area contributed by atoms with Gasteiger partial charge in [-0.05, 0) is 56.1 Å². The van der Waals surface area contributed by atoms with Crippen LogP contribution >= 0.6 is 0 Å². The van der Waals surface area contributed by atoms with Gasteiger partial charge in [0.15, 0.2) is 0 Å². The lowest BCUT2D eigenvalue weighted by atomic mass is 9.96.